The number of rotatable bonds is 7. The van der Waals surface area contributed by atoms with Crippen molar-refractivity contribution in [3.05, 3.63) is 77.1 Å². The van der Waals surface area contributed by atoms with Gasteiger partial charge in [0.15, 0.2) is 10.9 Å². The molecule has 0 bridgehead atoms. The van der Waals surface area contributed by atoms with E-state index in [1.54, 1.807) is 30.5 Å². The smallest absolute Gasteiger partial charge is 0.416 e. The molecule has 10 heteroatoms. The van der Waals surface area contributed by atoms with Crippen LogP contribution in [0.2, 0.25) is 0 Å². The van der Waals surface area contributed by atoms with Crippen LogP contribution in [0, 0.1) is 13.8 Å². The molecule has 0 saturated carbocycles. The highest BCUT2D eigenvalue weighted by Crippen LogP contribution is 2.32. The quantitative estimate of drug-likeness (QED) is 0.169. The third-order valence-electron chi connectivity index (χ3n) is 5.12. The summed E-state index contributed by atoms with van der Waals surface area (Å²) in [6.45, 7) is 2.89. The number of ether oxygens (including phenoxy) is 1. The molecule has 0 aliphatic carbocycles. The van der Waals surface area contributed by atoms with Gasteiger partial charge in [-0.25, -0.2) is 4.98 Å². The van der Waals surface area contributed by atoms with Crippen LogP contribution in [-0.4, -0.2) is 33.7 Å². The van der Waals surface area contributed by atoms with Crippen molar-refractivity contribution in [2.45, 2.75) is 24.4 Å². The number of hydrogen-bond donors (Lipinski definition) is 0. The summed E-state index contributed by atoms with van der Waals surface area (Å²) in [5.41, 5.74) is 1.74. The summed E-state index contributed by atoms with van der Waals surface area (Å²) in [6, 6.07) is 14.1. The summed E-state index contributed by atoms with van der Waals surface area (Å²) in [4.78, 5) is 29.3. The maximum Gasteiger partial charge on any atom is 0.416 e. The van der Waals surface area contributed by atoms with Gasteiger partial charge in [0.25, 0.3) is 0 Å². The molecular formula is C24H19F3N2O3S2. The Morgan fingerprint density at radius 2 is 1.85 bits per heavy atom. The van der Waals surface area contributed by atoms with Crippen molar-refractivity contribution in [2.24, 2.45) is 0 Å². The number of aromatic nitrogens is 2. The third kappa shape index (κ3) is 5.18. The molecule has 2 heterocycles. The second-order valence-electron chi connectivity index (χ2n) is 7.49. The number of carbonyl (C=O) groups excluding carboxylic acids is 2. The van der Waals surface area contributed by atoms with Gasteiger partial charge in [0, 0.05) is 22.6 Å². The number of ketones is 1. The molecule has 2 aromatic carbocycles. The fourth-order valence-electron chi connectivity index (χ4n) is 3.56. The van der Waals surface area contributed by atoms with Crippen molar-refractivity contribution >= 4 is 45.1 Å². The molecule has 4 rings (SSSR count). The number of thiazole rings is 1. The molecule has 0 atom stereocenters. The highest BCUT2D eigenvalue weighted by atomic mass is 32.2. The molecule has 176 valence electrons. The van der Waals surface area contributed by atoms with Crippen LogP contribution in [0.1, 0.15) is 27.3 Å². The molecule has 0 fully saturated rings. The molecule has 0 saturated heterocycles. The summed E-state index contributed by atoms with van der Waals surface area (Å²) in [7, 11) is 0. The first-order valence-corrected chi connectivity index (χ1v) is 12.0. The van der Waals surface area contributed by atoms with Gasteiger partial charge in [-0.15, -0.1) is 11.3 Å². The van der Waals surface area contributed by atoms with Crippen LogP contribution in [-0.2, 0) is 15.7 Å². The Morgan fingerprint density at radius 1 is 1.09 bits per heavy atom. The van der Waals surface area contributed by atoms with Crippen molar-refractivity contribution in [1.82, 2.24) is 9.55 Å². The minimum absolute atomic E-state index is 0.0103. The van der Waals surface area contributed by atoms with Gasteiger partial charge in [-0.1, -0.05) is 30.0 Å². The van der Waals surface area contributed by atoms with E-state index in [0.717, 1.165) is 26.7 Å². The number of hydrogen-bond acceptors (Lipinski definition) is 6. The Hall–Kier alpha value is -3.11. The Morgan fingerprint density at radius 3 is 2.59 bits per heavy atom. The average molecular weight is 505 g/mol. The zero-order valence-corrected chi connectivity index (χ0v) is 19.8. The fraction of sp³-hybridized carbons (Fsp3) is 0.208. The molecule has 5 nitrogen and oxygen atoms in total. The number of alkyl halides is 3. The molecule has 0 unspecified atom stereocenters. The molecule has 2 aromatic heterocycles. The number of nitrogens with zero attached hydrogens (tertiary/aromatic N) is 2. The van der Waals surface area contributed by atoms with Crippen LogP contribution in [0.4, 0.5) is 13.2 Å². The Balaban J connectivity index is 1.40. The summed E-state index contributed by atoms with van der Waals surface area (Å²) in [5.74, 6) is -0.968. The topological polar surface area (TPSA) is 61.2 Å². The standard InChI is InChI=1S/C24H19F3N2O3S2/c1-14-10-18(15(2)29(14)17-7-5-6-16(11-17)24(25,26)27)20(30)12-32-22(31)13-33-23-28-19-8-3-4-9-21(19)34-23/h3-11H,12-13H2,1-2H3. The number of esters is 1. The highest BCUT2D eigenvalue weighted by molar-refractivity contribution is 8.01. The molecule has 0 aliphatic heterocycles. The SMILES string of the molecule is Cc1cc(C(=O)COC(=O)CSc2nc3ccccc3s2)c(C)n1-c1cccc(C(F)(F)F)c1. The van der Waals surface area contributed by atoms with Gasteiger partial charge in [0.1, 0.15) is 0 Å². The predicted molar refractivity (Wildman–Crippen MR) is 126 cm³/mol. The second kappa shape index (κ2) is 9.63. The van der Waals surface area contributed by atoms with E-state index in [0.29, 0.717) is 22.6 Å². The van der Waals surface area contributed by atoms with Crippen LogP contribution in [0.15, 0.2) is 58.9 Å². The summed E-state index contributed by atoms with van der Waals surface area (Å²) >= 11 is 2.71. The van der Waals surface area contributed by atoms with Crippen LogP contribution in [0.5, 0.6) is 0 Å². The van der Waals surface area contributed by atoms with Gasteiger partial charge in [0.2, 0.25) is 5.78 Å². The number of benzene rings is 2. The molecule has 0 radical (unpaired) electrons. The molecule has 0 aliphatic rings. The van der Waals surface area contributed by atoms with E-state index >= 15 is 0 Å². The summed E-state index contributed by atoms with van der Waals surface area (Å²) in [5, 5.41) is 0. The number of fused-ring (bicyclic) bond motifs is 1. The normalized spacial score (nSPS) is 11.7. The summed E-state index contributed by atoms with van der Waals surface area (Å²) in [6.07, 6.45) is -4.47. The third-order valence-corrected chi connectivity index (χ3v) is 7.27. The molecule has 0 N–H and O–H groups in total. The van der Waals surface area contributed by atoms with Crippen molar-refractivity contribution in [3.63, 3.8) is 0 Å². The monoisotopic (exact) mass is 504 g/mol. The molecular weight excluding hydrogens is 485 g/mol. The first-order valence-electron chi connectivity index (χ1n) is 10.2. The van der Waals surface area contributed by atoms with Crippen LogP contribution in [0.25, 0.3) is 15.9 Å². The van der Waals surface area contributed by atoms with E-state index in [4.69, 9.17) is 4.74 Å². The molecule has 4 aromatic rings. The Labute approximate surface area is 201 Å². The number of carbonyl (C=O) groups is 2. The zero-order valence-electron chi connectivity index (χ0n) is 18.2. The summed E-state index contributed by atoms with van der Waals surface area (Å²) < 4.78 is 47.8. The van der Waals surface area contributed by atoms with Crippen LogP contribution < -0.4 is 0 Å². The average Bonchev–Trinajstić information content (AvgIpc) is 3.35. The van der Waals surface area contributed by atoms with Crippen molar-refractivity contribution in [1.29, 1.82) is 0 Å². The Kier molecular flexibility index (Phi) is 6.81. The number of aryl methyl sites for hydroxylation is 1. The lowest BCUT2D eigenvalue weighted by Crippen LogP contribution is -2.16. The fourth-order valence-corrected chi connectivity index (χ4v) is 5.43. The highest BCUT2D eigenvalue weighted by Gasteiger charge is 2.31. The van der Waals surface area contributed by atoms with Gasteiger partial charge in [-0.05, 0) is 50.2 Å². The van der Waals surface area contributed by atoms with Crippen molar-refractivity contribution in [3.8, 4) is 5.69 Å². The van der Waals surface area contributed by atoms with E-state index in [1.807, 2.05) is 24.3 Å². The number of halogens is 3. The number of thioether (sulfide) groups is 1. The van der Waals surface area contributed by atoms with E-state index in [-0.39, 0.29) is 5.75 Å². The first kappa shape index (κ1) is 24.0. The maximum absolute atomic E-state index is 13.1. The lowest BCUT2D eigenvalue weighted by atomic mass is 10.1. The maximum atomic E-state index is 13.1. The minimum Gasteiger partial charge on any atom is -0.457 e. The second-order valence-corrected chi connectivity index (χ2v) is 9.74. The van der Waals surface area contributed by atoms with E-state index in [2.05, 4.69) is 4.98 Å². The minimum atomic E-state index is -4.47. The van der Waals surface area contributed by atoms with Gasteiger partial charge >= 0.3 is 12.1 Å². The van der Waals surface area contributed by atoms with E-state index in [9.17, 15) is 22.8 Å². The van der Waals surface area contributed by atoms with Crippen molar-refractivity contribution in [2.75, 3.05) is 12.4 Å². The largest absolute Gasteiger partial charge is 0.457 e. The molecule has 34 heavy (non-hydrogen) atoms. The van der Waals surface area contributed by atoms with Gasteiger partial charge in [0.05, 0.1) is 21.5 Å². The predicted octanol–water partition coefficient (Wildman–Crippen LogP) is 6.24. The van der Waals surface area contributed by atoms with Gasteiger partial charge in [-0.2, -0.15) is 13.2 Å². The van der Waals surface area contributed by atoms with E-state index < -0.39 is 30.1 Å². The molecule has 0 amide bonds. The first-order chi connectivity index (χ1) is 16.1. The molecule has 0 spiro atoms. The lowest BCUT2D eigenvalue weighted by Gasteiger charge is -2.13. The van der Waals surface area contributed by atoms with Gasteiger partial charge < -0.3 is 9.30 Å². The van der Waals surface area contributed by atoms with Crippen molar-refractivity contribution < 1.29 is 27.5 Å². The zero-order chi connectivity index (χ0) is 24.5. The number of Topliss-reactive ketones (excluding diaryl/α,β-unsaturated/α-hetero) is 1. The number of para-hydroxylation sites is 1. The Bertz CT molecular complexity index is 1340. The van der Waals surface area contributed by atoms with Gasteiger partial charge in [-0.3, -0.25) is 9.59 Å². The van der Waals surface area contributed by atoms with E-state index in [1.165, 1.54) is 29.2 Å². The van der Waals surface area contributed by atoms with Crippen LogP contribution in [0.3, 0.4) is 0 Å². The van der Waals surface area contributed by atoms with Crippen LogP contribution >= 0.6 is 23.1 Å². The lowest BCUT2D eigenvalue weighted by molar-refractivity contribution is -0.139.